The zero-order chi connectivity index (χ0) is 17.8. The van der Waals surface area contributed by atoms with E-state index in [4.69, 9.17) is 0 Å². The summed E-state index contributed by atoms with van der Waals surface area (Å²) in [5.74, 6) is 0.258. The summed E-state index contributed by atoms with van der Waals surface area (Å²) in [6.45, 7) is 2.93. The number of amides is 1. The molecule has 1 fully saturated rings. The van der Waals surface area contributed by atoms with Gasteiger partial charge in [-0.1, -0.05) is 60.7 Å². The second kappa shape index (κ2) is 7.71. The smallest absolute Gasteiger partial charge is 0.227 e. The molecular formula is C23H24N2O. The van der Waals surface area contributed by atoms with Crippen molar-refractivity contribution in [3.8, 4) is 0 Å². The lowest BCUT2D eigenvalue weighted by molar-refractivity contribution is -0.121. The highest BCUT2D eigenvalue weighted by Crippen LogP contribution is 2.23. The van der Waals surface area contributed by atoms with Gasteiger partial charge in [-0.05, 0) is 54.4 Å². The highest BCUT2D eigenvalue weighted by molar-refractivity contribution is 5.95. The molecule has 1 amide bonds. The Morgan fingerprint density at radius 2 is 1.58 bits per heavy atom. The number of nitrogens with zero attached hydrogens (tertiary/aromatic N) is 1. The van der Waals surface area contributed by atoms with Gasteiger partial charge in [-0.25, -0.2) is 0 Å². The summed E-state index contributed by atoms with van der Waals surface area (Å²) < 4.78 is 0. The molecular weight excluding hydrogens is 320 g/mol. The van der Waals surface area contributed by atoms with Crippen LogP contribution in [0.2, 0.25) is 0 Å². The second-order valence-electron chi connectivity index (χ2n) is 7.09. The second-order valence-corrected chi connectivity index (χ2v) is 7.09. The molecule has 3 aromatic rings. The van der Waals surface area contributed by atoms with Crippen LogP contribution in [0.15, 0.2) is 72.8 Å². The fourth-order valence-electron chi connectivity index (χ4n) is 3.71. The van der Waals surface area contributed by atoms with Crippen LogP contribution in [-0.2, 0) is 11.3 Å². The molecule has 0 saturated carbocycles. The molecule has 1 saturated heterocycles. The van der Waals surface area contributed by atoms with E-state index in [1.807, 2.05) is 24.3 Å². The van der Waals surface area contributed by atoms with Gasteiger partial charge in [0.1, 0.15) is 0 Å². The summed E-state index contributed by atoms with van der Waals surface area (Å²) >= 11 is 0. The Kier molecular flexibility index (Phi) is 4.98. The van der Waals surface area contributed by atoms with Crippen molar-refractivity contribution in [2.75, 3.05) is 18.4 Å². The lowest BCUT2D eigenvalue weighted by Gasteiger charge is -2.31. The molecule has 3 heteroatoms. The predicted molar refractivity (Wildman–Crippen MR) is 107 cm³/mol. The fraction of sp³-hybridized carbons (Fsp3) is 0.261. The van der Waals surface area contributed by atoms with Crippen molar-refractivity contribution in [3.63, 3.8) is 0 Å². The van der Waals surface area contributed by atoms with Crippen molar-refractivity contribution in [1.29, 1.82) is 0 Å². The van der Waals surface area contributed by atoms with Gasteiger partial charge < -0.3 is 5.32 Å². The minimum atomic E-state index is 0.105. The zero-order valence-corrected chi connectivity index (χ0v) is 14.9. The Hall–Kier alpha value is -2.65. The van der Waals surface area contributed by atoms with Crippen LogP contribution < -0.4 is 5.32 Å². The first-order chi connectivity index (χ1) is 12.8. The maximum Gasteiger partial charge on any atom is 0.227 e. The van der Waals surface area contributed by atoms with Crippen LogP contribution in [0.3, 0.4) is 0 Å². The van der Waals surface area contributed by atoms with E-state index < -0.39 is 0 Å². The topological polar surface area (TPSA) is 32.3 Å². The van der Waals surface area contributed by atoms with Crippen LogP contribution in [0, 0.1) is 5.92 Å². The van der Waals surface area contributed by atoms with Crippen LogP contribution in [-0.4, -0.2) is 23.9 Å². The average molecular weight is 344 g/mol. The van der Waals surface area contributed by atoms with Gasteiger partial charge in [-0.2, -0.15) is 0 Å². The number of hydrogen-bond donors (Lipinski definition) is 1. The van der Waals surface area contributed by atoms with Crippen LogP contribution in [0.5, 0.6) is 0 Å². The summed E-state index contributed by atoms with van der Waals surface area (Å²) in [5.41, 5.74) is 2.23. The Morgan fingerprint density at radius 3 is 2.35 bits per heavy atom. The summed E-state index contributed by atoms with van der Waals surface area (Å²) in [6.07, 6.45) is 1.85. The lowest BCUT2D eigenvalue weighted by Crippen LogP contribution is -2.37. The van der Waals surface area contributed by atoms with Gasteiger partial charge in [-0.15, -0.1) is 0 Å². The van der Waals surface area contributed by atoms with Gasteiger partial charge in [-0.3, -0.25) is 9.69 Å². The molecule has 132 valence electrons. The molecule has 0 atom stereocenters. The number of fused-ring (bicyclic) bond motifs is 1. The molecule has 3 aromatic carbocycles. The minimum absolute atomic E-state index is 0.105. The fourth-order valence-corrected chi connectivity index (χ4v) is 3.71. The monoisotopic (exact) mass is 344 g/mol. The van der Waals surface area contributed by atoms with E-state index in [1.165, 1.54) is 10.9 Å². The van der Waals surface area contributed by atoms with E-state index in [2.05, 4.69) is 58.7 Å². The zero-order valence-electron chi connectivity index (χ0n) is 14.9. The number of rotatable bonds is 4. The largest absolute Gasteiger partial charge is 0.326 e. The molecule has 0 bridgehead atoms. The molecule has 4 rings (SSSR count). The quantitative estimate of drug-likeness (QED) is 0.744. The number of piperidine rings is 1. The first-order valence-electron chi connectivity index (χ1n) is 9.34. The maximum absolute atomic E-state index is 12.6. The van der Waals surface area contributed by atoms with Crippen molar-refractivity contribution in [2.45, 2.75) is 19.4 Å². The van der Waals surface area contributed by atoms with Crippen molar-refractivity contribution in [2.24, 2.45) is 5.92 Å². The Bertz CT molecular complexity index is 883. The van der Waals surface area contributed by atoms with Gasteiger partial charge in [0.25, 0.3) is 0 Å². The Labute approximate surface area is 154 Å². The highest BCUT2D eigenvalue weighted by atomic mass is 16.1. The number of carbonyl (C=O) groups excluding carboxylic acids is 1. The minimum Gasteiger partial charge on any atom is -0.326 e. The summed E-state index contributed by atoms with van der Waals surface area (Å²) in [7, 11) is 0. The number of benzene rings is 3. The van der Waals surface area contributed by atoms with Gasteiger partial charge >= 0.3 is 0 Å². The van der Waals surface area contributed by atoms with Crippen molar-refractivity contribution >= 4 is 22.4 Å². The van der Waals surface area contributed by atoms with Crippen LogP contribution in [0.1, 0.15) is 18.4 Å². The first-order valence-corrected chi connectivity index (χ1v) is 9.34. The first kappa shape index (κ1) is 16.8. The van der Waals surface area contributed by atoms with E-state index in [0.717, 1.165) is 43.5 Å². The van der Waals surface area contributed by atoms with Gasteiger partial charge in [0.05, 0.1) is 0 Å². The van der Waals surface area contributed by atoms with Crippen molar-refractivity contribution in [1.82, 2.24) is 4.90 Å². The molecule has 0 unspecified atom stereocenters. The molecule has 0 aliphatic carbocycles. The van der Waals surface area contributed by atoms with Gasteiger partial charge in [0.15, 0.2) is 0 Å². The van der Waals surface area contributed by atoms with Crippen molar-refractivity contribution in [3.05, 3.63) is 78.4 Å². The van der Waals surface area contributed by atoms with E-state index in [1.54, 1.807) is 0 Å². The van der Waals surface area contributed by atoms with Crippen LogP contribution in [0.4, 0.5) is 5.69 Å². The van der Waals surface area contributed by atoms with Gasteiger partial charge in [0.2, 0.25) is 5.91 Å². The standard InChI is InChI=1S/C23H24N2O/c26-23(24-22-11-10-19-8-4-5-9-21(19)16-22)20-12-14-25(15-13-20)17-18-6-2-1-3-7-18/h1-11,16,20H,12-15,17H2,(H,24,26). The molecule has 1 heterocycles. The number of nitrogens with one attached hydrogen (secondary N) is 1. The van der Waals surface area contributed by atoms with Gasteiger partial charge in [0, 0.05) is 18.2 Å². The number of anilines is 1. The van der Waals surface area contributed by atoms with Crippen LogP contribution >= 0.6 is 0 Å². The molecule has 1 aliphatic heterocycles. The molecule has 3 nitrogen and oxygen atoms in total. The lowest BCUT2D eigenvalue weighted by atomic mass is 9.95. The molecule has 26 heavy (non-hydrogen) atoms. The Morgan fingerprint density at radius 1 is 0.885 bits per heavy atom. The molecule has 0 spiro atoms. The SMILES string of the molecule is O=C(Nc1ccc2ccccc2c1)C1CCN(Cc2ccccc2)CC1. The molecule has 0 aromatic heterocycles. The third-order valence-electron chi connectivity index (χ3n) is 5.22. The maximum atomic E-state index is 12.6. The number of hydrogen-bond acceptors (Lipinski definition) is 2. The third kappa shape index (κ3) is 3.94. The summed E-state index contributed by atoms with van der Waals surface area (Å²) in [6, 6.07) is 24.9. The summed E-state index contributed by atoms with van der Waals surface area (Å²) in [4.78, 5) is 15.1. The van der Waals surface area contributed by atoms with E-state index in [-0.39, 0.29) is 11.8 Å². The predicted octanol–water partition coefficient (Wildman–Crippen LogP) is 4.69. The third-order valence-corrected chi connectivity index (χ3v) is 5.22. The van der Waals surface area contributed by atoms with Crippen molar-refractivity contribution < 1.29 is 4.79 Å². The average Bonchev–Trinajstić information content (AvgIpc) is 2.69. The normalized spacial score (nSPS) is 15.8. The Balaban J connectivity index is 1.33. The number of carbonyl (C=O) groups is 1. The molecule has 1 aliphatic rings. The number of likely N-dealkylation sites (tertiary alicyclic amines) is 1. The van der Waals surface area contributed by atoms with E-state index in [0.29, 0.717) is 0 Å². The molecule has 0 radical (unpaired) electrons. The summed E-state index contributed by atoms with van der Waals surface area (Å²) in [5, 5.41) is 5.46. The van der Waals surface area contributed by atoms with E-state index in [9.17, 15) is 4.79 Å². The highest BCUT2D eigenvalue weighted by Gasteiger charge is 2.25. The molecule has 1 N–H and O–H groups in total. The van der Waals surface area contributed by atoms with E-state index >= 15 is 0 Å². The van der Waals surface area contributed by atoms with Crippen LogP contribution in [0.25, 0.3) is 10.8 Å².